The Balaban J connectivity index is 1.21. The van der Waals surface area contributed by atoms with E-state index in [-0.39, 0.29) is 33.2 Å². The van der Waals surface area contributed by atoms with Gasteiger partial charge in [0.15, 0.2) is 5.65 Å². The zero-order valence-electron chi connectivity index (χ0n) is 27.3. The lowest BCUT2D eigenvalue weighted by Gasteiger charge is -2.37. The maximum Gasteiger partial charge on any atom is 0.269 e. The predicted molar refractivity (Wildman–Crippen MR) is 189 cm³/mol. The first kappa shape index (κ1) is 33.9. The van der Waals surface area contributed by atoms with Gasteiger partial charge in [0, 0.05) is 60.8 Å². The van der Waals surface area contributed by atoms with Gasteiger partial charge in [-0.25, -0.2) is 26.7 Å². The fourth-order valence-electron chi connectivity index (χ4n) is 6.32. The van der Waals surface area contributed by atoms with E-state index in [1.54, 1.807) is 72.8 Å². The molecule has 0 spiro atoms. The molecule has 0 radical (unpaired) electrons. The van der Waals surface area contributed by atoms with Crippen LogP contribution in [0.2, 0.25) is 5.02 Å². The number of aliphatic hydroxyl groups is 1. The van der Waals surface area contributed by atoms with Crippen molar-refractivity contribution in [3.63, 3.8) is 0 Å². The Bertz CT molecular complexity index is 2440. The molecule has 0 unspecified atom stereocenters. The maximum absolute atomic E-state index is 14.3. The SMILES string of the molecule is Cc1ccc(S(=O)(=O)n2c(-c3cnn(C)c3)cc3c(-c4ccc(N5CC[C@H](NC(=O)c6c(F)cccc6Cl)[C@H](O)C5)nc4)c(C#N)cnc32)cc1. The number of nitriles is 1. The number of aromatic nitrogens is 5. The molecule has 1 aliphatic heterocycles. The summed E-state index contributed by atoms with van der Waals surface area (Å²) in [6.45, 7) is 2.44. The fraction of sp³-hybridized carbons (Fsp3) is 0.194. The van der Waals surface area contributed by atoms with Gasteiger partial charge < -0.3 is 15.3 Å². The van der Waals surface area contributed by atoms with Crippen molar-refractivity contribution in [3.05, 3.63) is 113 Å². The van der Waals surface area contributed by atoms with Crippen molar-refractivity contribution in [1.29, 1.82) is 5.26 Å². The smallest absolute Gasteiger partial charge is 0.269 e. The number of hydrogen-bond acceptors (Lipinski definition) is 9. The van der Waals surface area contributed by atoms with Crippen LogP contribution in [0.5, 0.6) is 0 Å². The first-order valence-electron chi connectivity index (χ1n) is 15.9. The number of nitrogens with one attached hydrogen (secondary N) is 1. The topological polar surface area (TPSA) is 159 Å². The molecule has 2 N–H and O–H groups in total. The van der Waals surface area contributed by atoms with Crippen molar-refractivity contribution in [2.24, 2.45) is 7.05 Å². The molecule has 2 aromatic carbocycles. The molecule has 1 saturated heterocycles. The van der Waals surface area contributed by atoms with Crippen LogP contribution >= 0.6 is 11.6 Å². The summed E-state index contributed by atoms with van der Waals surface area (Å²) in [5, 5.41) is 28.4. The van der Waals surface area contributed by atoms with E-state index in [9.17, 15) is 28.0 Å². The molecule has 1 aliphatic rings. The van der Waals surface area contributed by atoms with Gasteiger partial charge in [-0.15, -0.1) is 0 Å². The summed E-state index contributed by atoms with van der Waals surface area (Å²) in [5.41, 5.74) is 2.87. The number of β-amino-alcohol motifs (C(OH)–C–C–N with tert-alkyl or cyclic N) is 1. The Morgan fingerprint density at radius 3 is 2.51 bits per heavy atom. The number of fused-ring (bicyclic) bond motifs is 1. The Labute approximate surface area is 297 Å². The van der Waals surface area contributed by atoms with Crippen molar-refractivity contribution in [2.45, 2.75) is 30.4 Å². The molecule has 4 aromatic heterocycles. The number of halogens is 2. The highest BCUT2D eigenvalue weighted by molar-refractivity contribution is 7.90. The van der Waals surface area contributed by atoms with Gasteiger partial charge in [0.25, 0.3) is 15.9 Å². The number of benzene rings is 2. The summed E-state index contributed by atoms with van der Waals surface area (Å²) in [5.74, 6) is -0.915. The number of amides is 1. The van der Waals surface area contributed by atoms with E-state index in [2.05, 4.69) is 26.5 Å². The normalized spacial score (nSPS) is 16.3. The van der Waals surface area contributed by atoms with Gasteiger partial charge in [-0.3, -0.25) is 9.48 Å². The monoisotopic (exact) mass is 724 g/mol. The number of aryl methyl sites for hydroxylation is 2. The largest absolute Gasteiger partial charge is 0.389 e. The molecule has 7 rings (SSSR count). The summed E-state index contributed by atoms with van der Waals surface area (Å²) in [6, 6.07) is 17.3. The second kappa shape index (κ2) is 13.3. The van der Waals surface area contributed by atoms with Gasteiger partial charge in [-0.05, 0) is 55.8 Å². The molecular formula is C36H30ClFN8O4S. The highest BCUT2D eigenvalue weighted by Gasteiger charge is 2.32. The van der Waals surface area contributed by atoms with Crippen LogP contribution in [0.25, 0.3) is 33.4 Å². The molecule has 0 aliphatic carbocycles. The third kappa shape index (κ3) is 6.20. The molecule has 0 bridgehead atoms. The average molecular weight is 725 g/mol. The molecule has 12 nitrogen and oxygen atoms in total. The number of aliphatic hydroxyl groups excluding tert-OH is 1. The van der Waals surface area contributed by atoms with E-state index in [1.807, 2.05) is 11.8 Å². The van der Waals surface area contributed by atoms with Crippen molar-refractivity contribution in [1.82, 2.24) is 29.0 Å². The van der Waals surface area contributed by atoms with Gasteiger partial charge in [-0.1, -0.05) is 35.4 Å². The molecule has 0 saturated carbocycles. The minimum absolute atomic E-state index is 0.0208. The van der Waals surface area contributed by atoms with Crippen molar-refractivity contribution in [3.8, 4) is 28.5 Å². The second-order valence-corrected chi connectivity index (χ2v) is 14.5. The standard InChI is InChI=1S/C36H30ClFN8O4S/c1-21-6-9-25(10-7-21)51(49,50)46-30(24-18-42-44(2)19-24)14-26-33(23(15-39)17-41-35(26)46)22-8-11-32(40-16-22)45-13-12-29(31(47)20-45)43-36(48)34-27(37)4-3-5-28(34)38/h3-11,14,16-19,29,31,47H,12-13,20H2,1-2H3,(H,43,48)/t29-,31+/m0/s1. The van der Waals surface area contributed by atoms with Crippen LogP contribution in [0, 0.1) is 24.1 Å². The zero-order chi connectivity index (χ0) is 36.0. The van der Waals surface area contributed by atoms with E-state index < -0.39 is 33.9 Å². The lowest BCUT2D eigenvalue weighted by molar-refractivity contribution is 0.0794. The number of nitrogens with zero attached hydrogens (tertiary/aromatic N) is 7. The Hall–Kier alpha value is -5.62. The number of carbonyl (C=O) groups is 1. The number of pyridine rings is 2. The van der Waals surface area contributed by atoms with Crippen molar-refractivity contribution in [2.75, 3.05) is 18.0 Å². The molecule has 1 fully saturated rings. The summed E-state index contributed by atoms with van der Waals surface area (Å²) in [7, 11) is -2.42. The van der Waals surface area contributed by atoms with Crippen LogP contribution in [0.4, 0.5) is 10.2 Å². The van der Waals surface area contributed by atoms with Gasteiger partial charge in [0.1, 0.15) is 17.7 Å². The first-order valence-corrected chi connectivity index (χ1v) is 17.7. The number of carbonyl (C=O) groups excluding carboxylic acids is 1. The third-order valence-corrected chi connectivity index (χ3v) is 11.0. The highest BCUT2D eigenvalue weighted by atomic mass is 35.5. The Morgan fingerprint density at radius 1 is 1.08 bits per heavy atom. The molecule has 51 heavy (non-hydrogen) atoms. The van der Waals surface area contributed by atoms with E-state index in [4.69, 9.17) is 11.6 Å². The molecule has 6 aromatic rings. The summed E-state index contributed by atoms with van der Waals surface area (Å²) < 4.78 is 45.4. The molecular weight excluding hydrogens is 695 g/mol. The van der Waals surface area contributed by atoms with Gasteiger partial charge in [0.2, 0.25) is 0 Å². The summed E-state index contributed by atoms with van der Waals surface area (Å²) in [4.78, 5) is 23.8. The third-order valence-electron chi connectivity index (χ3n) is 8.92. The lowest BCUT2D eigenvalue weighted by atomic mass is 9.99. The van der Waals surface area contributed by atoms with E-state index in [0.717, 1.165) is 11.6 Å². The summed E-state index contributed by atoms with van der Waals surface area (Å²) in [6.07, 6.45) is 5.57. The maximum atomic E-state index is 14.3. The molecule has 258 valence electrons. The minimum atomic E-state index is -4.15. The Kier molecular flexibility index (Phi) is 8.80. The molecule has 15 heteroatoms. The average Bonchev–Trinajstić information content (AvgIpc) is 3.73. The fourth-order valence-corrected chi connectivity index (χ4v) is 8.05. The van der Waals surface area contributed by atoms with Crippen molar-refractivity contribution < 1.29 is 22.7 Å². The van der Waals surface area contributed by atoms with Crippen LogP contribution in [-0.4, -0.2) is 68.4 Å². The minimum Gasteiger partial charge on any atom is -0.389 e. The quantitative estimate of drug-likeness (QED) is 0.229. The first-order chi connectivity index (χ1) is 24.5. The molecule has 1 amide bonds. The summed E-state index contributed by atoms with van der Waals surface area (Å²) >= 11 is 6.05. The van der Waals surface area contributed by atoms with Crippen molar-refractivity contribution >= 4 is 44.4 Å². The van der Waals surface area contributed by atoms with Gasteiger partial charge in [-0.2, -0.15) is 10.4 Å². The highest BCUT2D eigenvalue weighted by Crippen LogP contribution is 2.38. The zero-order valence-corrected chi connectivity index (χ0v) is 28.9. The lowest BCUT2D eigenvalue weighted by Crippen LogP contribution is -2.54. The van der Waals surface area contributed by atoms with Crippen LogP contribution in [0.1, 0.15) is 27.9 Å². The van der Waals surface area contributed by atoms with E-state index in [0.29, 0.717) is 46.6 Å². The van der Waals surface area contributed by atoms with Gasteiger partial charge >= 0.3 is 0 Å². The van der Waals surface area contributed by atoms with E-state index in [1.165, 1.54) is 22.3 Å². The number of piperidine rings is 1. The number of hydrogen-bond donors (Lipinski definition) is 2. The van der Waals surface area contributed by atoms with E-state index >= 15 is 0 Å². The Morgan fingerprint density at radius 2 is 1.86 bits per heavy atom. The second-order valence-electron chi connectivity index (χ2n) is 12.3. The van der Waals surface area contributed by atoms with Crippen LogP contribution in [-0.2, 0) is 17.1 Å². The van der Waals surface area contributed by atoms with Crippen LogP contribution in [0.3, 0.4) is 0 Å². The number of anilines is 1. The van der Waals surface area contributed by atoms with Crippen LogP contribution in [0.15, 0.2) is 90.3 Å². The number of rotatable bonds is 7. The molecule has 2 atom stereocenters. The van der Waals surface area contributed by atoms with Gasteiger partial charge in [0.05, 0.1) is 45.1 Å². The van der Waals surface area contributed by atoms with Crippen LogP contribution < -0.4 is 10.2 Å². The molecule has 5 heterocycles. The predicted octanol–water partition coefficient (Wildman–Crippen LogP) is 5.08.